The number of pyridine rings is 1. The van der Waals surface area contributed by atoms with Crippen molar-refractivity contribution in [3.63, 3.8) is 0 Å². The molecule has 1 aliphatic heterocycles. The van der Waals surface area contributed by atoms with Crippen molar-refractivity contribution in [1.29, 1.82) is 0 Å². The van der Waals surface area contributed by atoms with Gasteiger partial charge in [0.1, 0.15) is 7.05 Å². The second-order valence-electron chi connectivity index (χ2n) is 7.18. The topological polar surface area (TPSA) is 51.9 Å². The van der Waals surface area contributed by atoms with E-state index in [4.69, 9.17) is 14.2 Å². The Bertz CT molecular complexity index is 616. The van der Waals surface area contributed by atoms with E-state index in [0.29, 0.717) is 19.0 Å². The number of amides is 1. The van der Waals surface area contributed by atoms with Gasteiger partial charge in [0.15, 0.2) is 12.5 Å². The zero-order valence-corrected chi connectivity index (χ0v) is 16.8. The summed E-state index contributed by atoms with van der Waals surface area (Å²) >= 11 is 0. The first-order chi connectivity index (χ1) is 12.4. The van der Waals surface area contributed by atoms with Crippen LogP contribution in [-0.2, 0) is 29.7 Å². The summed E-state index contributed by atoms with van der Waals surface area (Å²) in [5.41, 5.74) is 2.80. The number of hydrogen-bond donors (Lipinski definition) is 0. The van der Waals surface area contributed by atoms with E-state index in [1.807, 2.05) is 24.7 Å². The number of carbonyl (C=O) groups excluding carboxylic acids is 1. The maximum atomic E-state index is 12.1. The minimum atomic E-state index is -0.390. The summed E-state index contributed by atoms with van der Waals surface area (Å²) in [7, 11) is 5.29. The van der Waals surface area contributed by atoms with Gasteiger partial charge in [-0.2, -0.15) is 0 Å². The monoisotopic (exact) mass is 365 g/mol. The number of rotatable bonds is 7. The maximum absolute atomic E-state index is 12.1. The van der Waals surface area contributed by atoms with Gasteiger partial charge in [-0.1, -0.05) is 32.6 Å². The van der Waals surface area contributed by atoms with Gasteiger partial charge in [-0.25, -0.2) is 9.36 Å². The first-order valence-corrected chi connectivity index (χ1v) is 9.57. The quantitative estimate of drug-likeness (QED) is 0.547. The van der Waals surface area contributed by atoms with Gasteiger partial charge >= 0.3 is 6.09 Å². The van der Waals surface area contributed by atoms with E-state index in [2.05, 4.69) is 6.92 Å². The molecule has 0 bridgehead atoms. The van der Waals surface area contributed by atoms with Crippen LogP contribution in [0.1, 0.15) is 62.3 Å². The van der Waals surface area contributed by atoms with E-state index in [-0.39, 0.29) is 12.4 Å². The average Bonchev–Trinajstić information content (AvgIpc) is 2.81. The van der Waals surface area contributed by atoms with Crippen molar-refractivity contribution in [2.24, 2.45) is 7.05 Å². The number of nitrogens with zero attached hydrogens (tertiary/aromatic N) is 2. The van der Waals surface area contributed by atoms with Crippen LogP contribution in [-0.4, -0.2) is 31.4 Å². The summed E-state index contributed by atoms with van der Waals surface area (Å²) in [4.78, 5) is 13.5. The van der Waals surface area contributed by atoms with Crippen LogP contribution < -0.4 is 9.30 Å². The van der Waals surface area contributed by atoms with E-state index in [0.717, 1.165) is 29.7 Å². The Balaban J connectivity index is 2.07. The normalized spacial score (nSPS) is 16.7. The molecule has 0 spiro atoms. The number of aryl methyl sites for hydroxylation is 1. The van der Waals surface area contributed by atoms with Gasteiger partial charge in [-0.05, 0) is 12.8 Å². The van der Waals surface area contributed by atoms with Crippen LogP contribution in [0.15, 0.2) is 6.20 Å². The summed E-state index contributed by atoms with van der Waals surface area (Å²) in [5.74, 6) is 0.580. The first kappa shape index (κ1) is 20.6. The van der Waals surface area contributed by atoms with Crippen LogP contribution in [0.5, 0.6) is 5.75 Å². The van der Waals surface area contributed by atoms with Crippen molar-refractivity contribution in [3.05, 3.63) is 23.0 Å². The molecule has 0 saturated heterocycles. The summed E-state index contributed by atoms with van der Waals surface area (Å²) in [6.07, 6.45) is 8.46. The van der Waals surface area contributed by atoms with E-state index < -0.39 is 0 Å². The minimum absolute atomic E-state index is 0.202. The van der Waals surface area contributed by atoms with E-state index >= 15 is 0 Å². The van der Waals surface area contributed by atoms with Gasteiger partial charge in [-0.3, -0.25) is 0 Å². The van der Waals surface area contributed by atoms with Gasteiger partial charge in [-0.15, -0.1) is 0 Å². The van der Waals surface area contributed by atoms with Crippen molar-refractivity contribution < 1.29 is 23.6 Å². The largest absolute Gasteiger partial charge is 0.414 e. The number of carbonyl (C=O) groups is 1. The highest BCUT2D eigenvalue weighted by Crippen LogP contribution is 2.30. The van der Waals surface area contributed by atoms with Gasteiger partial charge < -0.3 is 19.1 Å². The molecule has 1 amide bonds. The molecule has 1 aromatic heterocycles. The van der Waals surface area contributed by atoms with E-state index in [1.54, 1.807) is 14.1 Å². The van der Waals surface area contributed by atoms with Crippen molar-refractivity contribution in [3.8, 4) is 5.75 Å². The lowest BCUT2D eigenvalue weighted by atomic mass is 10.1. The molecular weight excluding hydrogens is 332 g/mol. The molecule has 146 valence electrons. The third kappa shape index (κ3) is 5.42. The third-order valence-electron chi connectivity index (χ3n) is 4.81. The predicted octanol–water partition coefficient (Wildman–Crippen LogP) is 3.61. The SMILES string of the molecule is CCCCCCCC1OCc2c[n+](C)c(C)c(OC(=O)N(C)C)c2CO1. The molecule has 1 atom stereocenters. The summed E-state index contributed by atoms with van der Waals surface area (Å²) in [6.45, 7) is 5.02. The molecule has 26 heavy (non-hydrogen) atoms. The first-order valence-electron chi connectivity index (χ1n) is 9.57. The van der Waals surface area contributed by atoms with Crippen LogP contribution in [0.3, 0.4) is 0 Å². The zero-order valence-electron chi connectivity index (χ0n) is 16.8. The molecule has 0 saturated carbocycles. The van der Waals surface area contributed by atoms with Crippen LogP contribution in [0.25, 0.3) is 0 Å². The highest BCUT2D eigenvalue weighted by molar-refractivity contribution is 5.70. The van der Waals surface area contributed by atoms with E-state index in [9.17, 15) is 4.79 Å². The molecule has 0 radical (unpaired) electrons. The molecule has 0 fully saturated rings. The fourth-order valence-electron chi connectivity index (χ4n) is 3.02. The van der Waals surface area contributed by atoms with Crippen LogP contribution in [0, 0.1) is 6.92 Å². The van der Waals surface area contributed by atoms with Crippen LogP contribution in [0.2, 0.25) is 0 Å². The Labute approximate surface area is 157 Å². The average molecular weight is 365 g/mol. The second kappa shape index (κ2) is 9.88. The molecule has 2 heterocycles. The second-order valence-corrected chi connectivity index (χ2v) is 7.18. The Hall–Kier alpha value is -1.66. The van der Waals surface area contributed by atoms with Gasteiger partial charge in [0.25, 0.3) is 0 Å². The minimum Gasteiger partial charge on any atom is -0.403 e. The number of ether oxygens (including phenoxy) is 3. The number of aromatic nitrogens is 1. The molecule has 0 N–H and O–H groups in total. The lowest BCUT2D eigenvalue weighted by Crippen LogP contribution is -2.35. The molecule has 2 rings (SSSR count). The van der Waals surface area contributed by atoms with Gasteiger partial charge in [0.2, 0.25) is 11.4 Å². The standard InChI is InChI=1S/C20H33N2O4/c1-6-7-8-9-10-11-18-24-13-16-12-22(5)15(2)19(17(16)14-25-18)26-20(23)21(3)4/h12,18H,6-11,13-14H2,1-5H3/q+1. The van der Waals surface area contributed by atoms with E-state index in [1.165, 1.54) is 30.6 Å². The van der Waals surface area contributed by atoms with Crippen LogP contribution in [0.4, 0.5) is 4.79 Å². The Morgan fingerprint density at radius 2 is 1.92 bits per heavy atom. The highest BCUT2D eigenvalue weighted by Gasteiger charge is 2.27. The summed E-state index contributed by atoms with van der Waals surface area (Å²) in [5, 5.41) is 0. The highest BCUT2D eigenvalue weighted by atomic mass is 16.7. The lowest BCUT2D eigenvalue weighted by molar-refractivity contribution is -0.678. The molecule has 1 unspecified atom stereocenters. The van der Waals surface area contributed by atoms with Crippen molar-refractivity contribution in [1.82, 2.24) is 4.90 Å². The molecule has 0 aliphatic carbocycles. The molecule has 0 aromatic carbocycles. The fraction of sp³-hybridized carbons (Fsp3) is 0.700. The summed E-state index contributed by atoms with van der Waals surface area (Å²) in [6, 6.07) is 0. The predicted molar refractivity (Wildman–Crippen MR) is 98.8 cm³/mol. The van der Waals surface area contributed by atoms with Crippen molar-refractivity contribution in [2.45, 2.75) is 71.9 Å². The third-order valence-corrected chi connectivity index (χ3v) is 4.81. The molecule has 6 heteroatoms. The number of unbranched alkanes of at least 4 members (excludes halogenated alkanes) is 4. The van der Waals surface area contributed by atoms with Crippen molar-refractivity contribution in [2.75, 3.05) is 14.1 Å². The van der Waals surface area contributed by atoms with Crippen molar-refractivity contribution >= 4 is 6.09 Å². The smallest absolute Gasteiger partial charge is 0.403 e. The molecule has 1 aromatic rings. The Morgan fingerprint density at radius 3 is 2.62 bits per heavy atom. The molecular formula is C20H33N2O4+. The zero-order chi connectivity index (χ0) is 19.1. The van der Waals surface area contributed by atoms with Gasteiger partial charge in [0, 0.05) is 26.6 Å². The molecule has 6 nitrogen and oxygen atoms in total. The maximum Gasteiger partial charge on any atom is 0.414 e. The van der Waals surface area contributed by atoms with Gasteiger partial charge in [0.05, 0.1) is 18.8 Å². The number of hydrogen-bond acceptors (Lipinski definition) is 4. The number of fused-ring (bicyclic) bond motifs is 1. The van der Waals surface area contributed by atoms with Crippen LogP contribution >= 0.6 is 0 Å². The summed E-state index contributed by atoms with van der Waals surface area (Å²) < 4.78 is 19.5. The Morgan fingerprint density at radius 1 is 1.23 bits per heavy atom. The Kier molecular flexibility index (Phi) is 7.85. The lowest BCUT2D eigenvalue weighted by Gasteiger charge is -2.16. The fourth-order valence-corrected chi connectivity index (χ4v) is 3.02. The molecule has 1 aliphatic rings.